The number of hydrogen-bond acceptors (Lipinski definition) is 4. The van der Waals surface area contributed by atoms with Crippen molar-refractivity contribution >= 4 is 11.6 Å². The summed E-state index contributed by atoms with van der Waals surface area (Å²) in [5.74, 6) is 2.24. The van der Waals surface area contributed by atoms with Crippen molar-refractivity contribution in [3.05, 3.63) is 77.7 Å². The summed E-state index contributed by atoms with van der Waals surface area (Å²) in [5, 5.41) is 0. The predicted molar refractivity (Wildman–Crippen MR) is 129 cm³/mol. The summed E-state index contributed by atoms with van der Waals surface area (Å²) in [4.78, 5) is 25.0. The summed E-state index contributed by atoms with van der Waals surface area (Å²) in [6.07, 6.45) is 5.53. The van der Waals surface area contributed by atoms with E-state index in [1.54, 1.807) is 0 Å². The maximum atomic E-state index is 13.4. The summed E-state index contributed by atoms with van der Waals surface area (Å²) in [7, 11) is 0. The molecule has 3 heterocycles. The molecule has 0 radical (unpaired) electrons. The fraction of sp³-hybridized carbons (Fsp3) is 0.370. The molecule has 0 spiro atoms. The molecule has 0 N–H and O–H groups in total. The van der Waals surface area contributed by atoms with Crippen LogP contribution in [0, 0.1) is 18.8 Å². The van der Waals surface area contributed by atoms with Gasteiger partial charge >= 0.3 is 0 Å². The standard InChI is InChI=1S/C27H31N3O.H2/c1-19(2)15-21-9-8-14-30(18-21)26-13-7-12-25(29-26)27(31)24-16-23(17-28-20(24)3)22-10-5-4-6-11-22;/h4-7,10-13,16-17,19,21H,8-9,14-15,18H2,1-3H3;1H/t21-;/m0./s1. The average Bonchev–Trinajstić information content (AvgIpc) is 2.79. The number of aromatic nitrogens is 2. The molecule has 1 aromatic carbocycles. The second kappa shape index (κ2) is 9.42. The number of rotatable bonds is 6. The molecule has 3 aromatic rings. The molecule has 0 bridgehead atoms. The minimum atomic E-state index is -0.0691. The molecular formula is C27H33N3O. The van der Waals surface area contributed by atoms with Gasteiger partial charge in [-0.1, -0.05) is 50.2 Å². The van der Waals surface area contributed by atoms with Crippen molar-refractivity contribution in [3.8, 4) is 11.1 Å². The number of anilines is 1. The van der Waals surface area contributed by atoms with Gasteiger partial charge in [-0.2, -0.15) is 0 Å². The number of hydrogen-bond donors (Lipinski definition) is 0. The molecule has 2 aromatic heterocycles. The van der Waals surface area contributed by atoms with E-state index in [0.29, 0.717) is 23.1 Å². The number of benzene rings is 1. The van der Waals surface area contributed by atoms with E-state index in [9.17, 15) is 4.79 Å². The summed E-state index contributed by atoms with van der Waals surface area (Å²) < 4.78 is 0. The Morgan fingerprint density at radius 3 is 2.71 bits per heavy atom. The highest BCUT2D eigenvalue weighted by Crippen LogP contribution is 2.27. The smallest absolute Gasteiger partial charge is 0.213 e. The Morgan fingerprint density at radius 1 is 1.13 bits per heavy atom. The molecule has 0 amide bonds. The van der Waals surface area contributed by atoms with Crippen LogP contribution in [0.4, 0.5) is 5.82 Å². The number of pyridine rings is 2. The summed E-state index contributed by atoms with van der Waals surface area (Å²) in [5.41, 5.74) is 3.82. The lowest BCUT2D eigenvalue weighted by molar-refractivity contribution is 0.103. The van der Waals surface area contributed by atoms with E-state index in [1.807, 2.05) is 67.7 Å². The van der Waals surface area contributed by atoms with E-state index in [1.165, 1.54) is 19.3 Å². The number of carbonyl (C=O) groups is 1. The molecule has 4 heteroatoms. The lowest BCUT2D eigenvalue weighted by atomic mass is 9.90. The molecule has 1 fully saturated rings. The highest BCUT2D eigenvalue weighted by molar-refractivity contribution is 6.09. The van der Waals surface area contributed by atoms with Crippen LogP contribution in [0.2, 0.25) is 0 Å². The van der Waals surface area contributed by atoms with Gasteiger partial charge in [-0.05, 0) is 61.8 Å². The Labute approximate surface area is 186 Å². The van der Waals surface area contributed by atoms with Crippen LogP contribution in [-0.2, 0) is 0 Å². The Balaban J connectivity index is 0.00000289. The number of aryl methyl sites for hydroxylation is 1. The SMILES string of the molecule is Cc1ncc(-c2ccccc2)cc1C(=O)c1cccc(N2CCC[C@@H](CC(C)C)C2)n1.[HH]. The van der Waals surface area contributed by atoms with Gasteiger partial charge in [0.1, 0.15) is 11.5 Å². The molecule has 0 saturated carbocycles. The first-order chi connectivity index (χ1) is 15.0. The third-order valence-electron chi connectivity index (χ3n) is 6.05. The van der Waals surface area contributed by atoms with Crippen LogP contribution in [0.1, 0.15) is 56.3 Å². The maximum absolute atomic E-state index is 13.4. The summed E-state index contributed by atoms with van der Waals surface area (Å²) in [6, 6.07) is 17.8. The van der Waals surface area contributed by atoms with Crippen molar-refractivity contribution in [3.63, 3.8) is 0 Å². The predicted octanol–water partition coefficient (Wildman–Crippen LogP) is 6.19. The van der Waals surface area contributed by atoms with E-state index in [2.05, 4.69) is 23.7 Å². The molecule has 31 heavy (non-hydrogen) atoms. The van der Waals surface area contributed by atoms with Gasteiger partial charge in [-0.15, -0.1) is 0 Å². The zero-order valence-corrected chi connectivity index (χ0v) is 18.7. The average molecular weight is 416 g/mol. The van der Waals surface area contributed by atoms with Crippen molar-refractivity contribution in [1.82, 2.24) is 9.97 Å². The zero-order chi connectivity index (χ0) is 21.8. The van der Waals surface area contributed by atoms with Crippen molar-refractivity contribution < 1.29 is 6.22 Å². The van der Waals surface area contributed by atoms with E-state index in [-0.39, 0.29) is 7.21 Å². The molecular weight excluding hydrogens is 382 g/mol. The van der Waals surface area contributed by atoms with Crippen LogP contribution in [-0.4, -0.2) is 28.8 Å². The van der Waals surface area contributed by atoms with Gasteiger partial charge in [0.15, 0.2) is 0 Å². The summed E-state index contributed by atoms with van der Waals surface area (Å²) in [6.45, 7) is 8.48. The van der Waals surface area contributed by atoms with Crippen molar-refractivity contribution in [2.45, 2.75) is 40.0 Å². The van der Waals surface area contributed by atoms with Gasteiger partial charge in [0.2, 0.25) is 5.78 Å². The largest absolute Gasteiger partial charge is 0.356 e. The van der Waals surface area contributed by atoms with Gasteiger partial charge in [-0.3, -0.25) is 9.78 Å². The molecule has 4 nitrogen and oxygen atoms in total. The second-order valence-corrected chi connectivity index (χ2v) is 9.02. The van der Waals surface area contributed by atoms with Gasteiger partial charge in [0.25, 0.3) is 0 Å². The lowest BCUT2D eigenvalue weighted by Gasteiger charge is -2.34. The Kier molecular flexibility index (Phi) is 6.45. The van der Waals surface area contributed by atoms with Crippen LogP contribution >= 0.6 is 0 Å². The number of piperidine rings is 1. The summed E-state index contributed by atoms with van der Waals surface area (Å²) >= 11 is 0. The molecule has 1 aliphatic heterocycles. The first-order valence-electron chi connectivity index (χ1n) is 11.3. The number of ketones is 1. The van der Waals surface area contributed by atoms with Crippen molar-refractivity contribution in [1.29, 1.82) is 0 Å². The molecule has 1 saturated heterocycles. The second-order valence-electron chi connectivity index (χ2n) is 9.02. The van der Waals surface area contributed by atoms with Crippen LogP contribution in [0.15, 0.2) is 60.8 Å². The van der Waals surface area contributed by atoms with Gasteiger partial charge in [0.05, 0.1) is 0 Å². The van der Waals surface area contributed by atoms with Gasteiger partial charge in [0, 0.05) is 37.5 Å². The lowest BCUT2D eigenvalue weighted by Crippen LogP contribution is -2.36. The first kappa shape index (κ1) is 21.2. The van der Waals surface area contributed by atoms with Crippen LogP contribution < -0.4 is 4.90 Å². The number of carbonyl (C=O) groups excluding carboxylic acids is 1. The highest BCUT2D eigenvalue weighted by Gasteiger charge is 2.23. The number of nitrogens with zero attached hydrogens (tertiary/aromatic N) is 3. The Hall–Kier alpha value is -3.01. The maximum Gasteiger partial charge on any atom is 0.213 e. The molecule has 0 aliphatic carbocycles. The van der Waals surface area contributed by atoms with E-state index < -0.39 is 0 Å². The van der Waals surface area contributed by atoms with Crippen LogP contribution in [0.3, 0.4) is 0 Å². The third kappa shape index (κ3) is 5.01. The molecule has 4 rings (SSSR count). The van der Waals surface area contributed by atoms with Crippen molar-refractivity contribution in [2.24, 2.45) is 11.8 Å². The van der Waals surface area contributed by atoms with E-state index >= 15 is 0 Å². The first-order valence-corrected chi connectivity index (χ1v) is 11.3. The quantitative estimate of drug-likeness (QED) is 0.450. The minimum Gasteiger partial charge on any atom is -0.356 e. The fourth-order valence-electron chi connectivity index (χ4n) is 4.55. The van der Waals surface area contributed by atoms with Gasteiger partial charge in [-0.25, -0.2) is 4.98 Å². The normalized spacial score (nSPS) is 16.5. The van der Waals surface area contributed by atoms with E-state index in [0.717, 1.165) is 35.7 Å². The molecule has 1 atom stereocenters. The fourth-order valence-corrected chi connectivity index (χ4v) is 4.55. The Bertz CT molecular complexity index is 1050. The molecule has 1 aliphatic rings. The molecule has 0 unspecified atom stereocenters. The Morgan fingerprint density at radius 2 is 1.94 bits per heavy atom. The zero-order valence-electron chi connectivity index (χ0n) is 18.7. The molecule has 162 valence electrons. The monoisotopic (exact) mass is 415 g/mol. The topological polar surface area (TPSA) is 46.1 Å². The minimum absolute atomic E-state index is 0. The van der Waals surface area contributed by atoms with E-state index in [4.69, 9.17) is 4.98 Å². The van der Waals surface area contributed by atoms with Crippen molar-refractivity contribution in [2.75, 3.05) is 18.0 Å². The van der Waals surface area contributed by atoms with Crippen LogP contribution in [0.25, 0.3) is 11.1 Å². The van der Waals surface area contributed by atoms with Gasteiger partial charge < -0.3 is 4.90 Å². The third-order valence-corrected chi connectivity index (χ3v) is 6.05. The highest BCUT2D eigenvalue weighted by atomic mass is 16.1. The van der Waals surface area contributed by atoms with Crippen LogP contribution in [0.5, 0.6) is 0 Å².